The molecule has 0 aliphatic heterocycles. The molecule has 4 aliphatic rings. The number of rotatable bonds is 6. The zero-order valence-electron chi connectivity index (χ0n) is 11.6. The van der Waals surface area contributed by atoms with Gasteiger partial charge in [-0.2, -0.15) is 0 Å². The van der Waals surface area contributed by atoms with E-state index in [1.807, 2.05) is 0 Å². The first-order valence-electron chi connectivity index (χ1n) is 7.72. The van der Waals surface area contributed by atoms with E-state index in [-0.39, 0.29) is 11.3 Å². The molecule has 19 heavy (non-hydrogen) atoms. The summed E-state index contributed by atoms with van der Waals surface area (Å²) >= 11 is 0. The highest BCUT2D eigenvalue weighted by Crippen LogP contribution is 2.55. The average molecular weight is 286 g/mol. The Kier molecular flexibility index (Phi) is 3.65. The fraction of sp³-hybridized carbons (Fsp3) is 1.00. The molecule has 4 aliphatic carbocycles. The topological polar surface area (TPSA) is 72.2 Å². The van der Waals surface area contributed by atoms with Gasteiger partial charge in [0.25, 0.3) is 0 Å². The third-order valence-corrected chi connectivity index (χ3v) is 6.85. The van der Waals surface area contributed by atoms with Gasteiger partial charge in [0.2, 0.25) is 10.0 Å². The van der Waals surface area contributed by atoms with Gasteiger partial charge in [-0.05, 0) is 75.7 Å². The lowest BCUT2D eigenvalue weighted by Crippen LogP contribution is -2.60. The van der Waals surface area contributed by atoms with E-state index in [2.05, 4.69) is 4.72 Å². The Morgan fingerprint density at radius 2 is 1.53 bits per heavy atom. The molecule has 3 N–H and O–H groups in total. The quantitative estimate of drug-likeness (QED) is 0.729. The van der Waals surface area contributed by atoms with Crippen LogP contribution in [0.1, 0.15) is 51.4 Å². The summed E-state index contributed by atoms with van der Waals surface area (Å²) in [6.07, 6.45) is 8.73. The van der Waals surface area contributed by atoms with Gasteiger partial charge in [0.1, 0.15) is 0 Å². The maximum atomic E-state index is 12.2. The van der Waals surface area contributed by atoms with Crippen LogP contribution in [0.25, 0.3) is 0 Å². The molecule has 0 saturated heterocycles. The van der Waals surface area contributed by atoms with Gasteiger partial charge >= 0.3 is 0 Å². The largest absolute Gasteiger partial charge is 0.330 e. The van der Waals surface area contributed by atoms with Gasteiger partial charge in [0.05, 0.1) is 5.75 Å². The predicted molar refractivity (Wildman–Crippen MR) is 76.1 cm³/mol. The highest BCUT2D eigenvalue weighted by molar-refractivity contribution is 7.89. The molecule has 0 aromatic rings. The molecule has 110 valence electrons. The number of nitrogens with two attached hydrogens (primary N) is 1. The Balaban J connectivity index is 1.65. The lowest BCUT2D eigenvalue weighted by molar-refractivity contribution is -0.00809. The van der Waals surface area contributed by atoms with Crippen LogP contribution >= 0.6 is 0 Å². The van der Waals surface area contributed by atoms with Gasteiger partial charge < -0.3 is 5.73 Å². The zero-order valence-corrected chi connectivity index (χ0v) is 12.4. The SMILES string of the molecule is NCCCCS(=O)(=O)NC12CC3CC(CC(C3)C1)C2. The van der Waals surface area contributed by atoms with Gasteiger partial charge in [-0.1, -0.05) is 0 Å². The molecule has 0 aromatic carbocycles. The molecule has 0 spiro atoms. The van der Waals surface area contributed by atoms with E-state index in [1.165, 1.54) is 19.3 Å². The Bertz CT molecular complexity index is 397. The molecule has 0 amide bonds. The van der Waals surface area contributed by atoms with Crippen LogP contribution in [0, 0.1) is 17.8 Å². The molecule has 5 heteroatoms. The molecule has 0 aromatic heterocycles. The molecule has 0 radical (unpaired) electrons. The van der Waals surface area contributed by atoms with Crippen molar-refractivity contribution in [1.29, 1.82) is 0 Å². The van der Waals surface area contributed by atoms with Crippen molar-refractivity contribution in [1.82, 2.24) is 4.72 Å². The molecule has 4 nitrogen and oxygen atoms in total. The van der Waals surface area contributed by atoms with Crippen molar-refractivity contribution in [2.45, 2.75) is 56.9 Å². The summed E-state index contributed by atoms with van der Waals surface area (Å²) in [4.78, 5) is 0. The van der Waals surface area contributed by atoms with Crippen LogP contribution in [0.4, 0.5) is 0 Å². The molecule has 0 unspecified atom stereocenters. The van der Waals surface area contributed by atoms with Crippen LogP contribution in [0.3, 0.4) is 0 Å². The minimum atomic E-state index is -3.12. The van der Waals surface area contributed by atoms with Crippen LogP contribution < -0.4 is 10.5 Å². The molecule has 4 fully saturated rings. The van der Waals surface area contributed by atoms with E-state index in [0.29, 0.717) is 13.0 Å². The van der Waals surface area contributed by atoms with Crippen molar-refractivity contribution in [3.05, 3.63) is 0 Å². The van der Waals surface area contributed by atoms with Gasteiger partial charge in [-0.3, -0.25) is 0 Å². The van der Waals surface area contributed by atoms with Gasteiger partial charge in [-0.15, -0.1) is 0 Å². The van der Waals surface area contributed by atoms with E-state index < -0.39 is 10.0 Å². The summed E-state index contributed by atoms with van der Waals surface area (Å²) in [7, 11) is -3.12. The Labute approximate surface area is 116 Å². The summed E-state index contributed by atoms with van der Waals surface area (Å²) < 4.78 is 27.6. The van der Waals surface area contributed by atoms with Crippen LogP contribution in [-0.2, 0) is 10.0 Å². The lowest BCUT2D eigenvalue weighted by atomic mass is 9.53. The molecule has 4 rings (SSSR count). The van der Waals surface area contributed by atoms with Crippen molar-refractivity contribution in [2.75, 3.05) is 12.3 Å². The number of nitrogens with one attached hydrogen (secondary N) is 1. The standard InChI is InChI=1S/C14H26N2O2S/c15-3-1-2-4-19(17,18)16-14-8-11-5-12(9-14)7-13(6-11)10-14/h11-13,16H,1-10,15H2. The molecule has 4 bridgehead atoms. The average Bonchev–Trinajstić information content (AvgIpc) is 2.25. The summed E-state index contributed by atoms with van der Waals surface area (Å²) in [5.74, 6) is 2.57. The van der Waals surface area contributed by atoms with E-state index >= 15 is 0 Å². The van der Waals surface area contributed by atoms with E-state index in [4.69, 9.17) is 5.73 Å². The Morgan fingerprint density at radius 1 is 1.00 bits per heavy atom. The minimum absolute atomic E-state index is 0.0870. The van der Waals surface area contributed by atoms with Gasteiger partial charge in [0, 0.05) is 5.54 Å². The third-order valence-electron chi connectivity index (χ3n) is 5.28. The van der Waals surface area contributed by atoms with Crippen LogP contribution in [0.2, 0.25) is 0 Å². The third kappa shape index (κ3) is 2.98. The molecule has 0 heterocycles. The summed E-state index contributed by atoms with van der Waals surface area (Å²) in [5.41, 5.74) is 5.34. The molecular formula is C14H26N2O2S. The van der Waals surface area contributed by atoms with Crippen molar-refractivity contribution < 1.29 is 8.42 Å². The van der Waals surface area contributed by atoms with E-state index in [0.717, 1.165) is 43.4 Å². The van der Waals surface area contributed by atoms with Crippen molar-refractivity contribution in [3.8, 4) is 0 Å². The Hall–Kier alpha value is -0.130. The number of hydrogen-bond donors (Lipinski definition) is 2. The van der Waals surface area contributed by atoms with Gasteiger partial charge in [-0.25, -0.2) is 13.1 Å². The van der Waals surface area contributed by atoms with Crippen molar-refractivity contribution in [2.24, 2.45) is 23.5 Å². The molecular weight excluding hydrogens is 260 g/mol. The van der Waals surface area contributed by atoms with Gasteiger partial charge in [0.15, 0.2) is 0 Å². The predicted octanol–water partition coefficient (Wildman–Crippen LogP) is 1.61. The second-order valence-electron chi connectivity index (χ2n) is 7.11. The second kappa shape index (κ2) is 5.01. The first-order valence-corrected chi connectivity index (χ1v) is 9.37. The molecule has 4 saturated carbocycles. The van der Waals surface area contributed by atoms with Crippen LogP contribution in [-0.4, -0.2) is 26.3 Å². The lowest BCUT2D eigenvalue weighted by Gasteiger charge is -2.56. The summed E-state index contributed by atoms with van der Waals surface area (Å²) in [6, 6.07) is 0. The fourth-order valence-electron chi connectivity index (χ4n) is 5.05. The smallest absolute Gasteiger partial charge is 0.212 e. The van der Waals surface area contributed by atoms with Crippen molar-refractivity contribution in [3.63, 3.8) is 0 Å². The summed E-state index contributed by atoms with van der Waals surface area (Å²) in [5, 5.41) is 0. The normalized spacial score (nSPS) is 40.8. The fourth-order valence-corrected chi connectivity index (χ4v) is 6.65. The van der Waals surface area contributed by atoms with E-state index in [1.54, 1.807) is 0 Å². The Morgan fingerprint density at radius 3 is 2.00 bits per heavy atom. The second-order valence-corrected chi connectivity index (χ2v) is 8.96. The van der Waals surface area contributed by atoms with Crippen LogP contribution in [0.5, 0.6) is 0 Å². The van der Waals surface area contributed by atoms with E-state index in [9.17, 15) is 8.42 Å². The minimum Gasteiger partial charge on any atom is -0.330 e. The van der Waals surface area contributed by atoms with Crippen LogP contribution in [0.15, 0.2) is 0 Å². The number of hydrogen-bond acceptors (Lipinski definition) is 3. The summed E-state index contributed by atoms with van der Waals surface area (Å²) in [6.45, 7) is 0.576. The maximum Gasteiger partial charge on any atom is 0.212 e. The van der Waals surface area contributed by atoms with Crippen molar-refractivity contribution >= 4 is 10.0 Å². The zero-order chi connectivity index (χ0) is 13.5. The highest BCUT2D eigenvalue weighted by Gasteiger charge is 2.52. The first-order chi connectivity index (χ1) is 9.00. The maximum absolute atomic E-state index is 12.2. The number of unbranched alkanes of at least 4 members (excludes halogenated alkanes) is 1. The molecule has 0 atom stereocenters. The highest BCUT2D eigenvalue weighted by atomic mass is 32.2. The number of sulfonamides is 1. The first kappa shape index (κ1) is 13.8. The monoisotopic (exact) mass is 286 g/mol.